The molecule has 0 spiro atoms. The Morgan fingerprint density at radius 3 is 2.16 bits per heavy atom. The van der Waals surface area contributed by atoms with E-state index in [-0.39, 0.29) is 31.1 Å². The van der Waals surface area contributed by atoms with Gasteiger partial charge in [-0.2, -0.15) is 0 Å². The molecule has 1 amide bonds. The molecule has 0 atom stereocenters. The van der Waals surface area contributed by atoms with Crippen molar-refractivity contribution >= 4 is 30.1 Å². The Labute approximate surface area is 117 Å². The highest BCUT2D eigenvalue weighted by Gasteiger charge is 2.06. The second-order valence-corrected chi connectivity index (χ2v) is 3.73. The molecule has 7 heteroatoms. The Kier molecular flexibility index (Phi) is 7.21. The van der Waals surface area contributed by atoms with E-state index in [1.807, 2.05) is 0 Å². The lowest BCUT2D eigenvalue weighted by molar-refractivity contribution is -0.134. The number of nitrogens with one attached hydrogen (secondary N) is 1. The number of nitrogens with two attached hydrogens (primary N) is 2. The lowest BCUT2D eigenvalue weighted by Crippen LogP contribution is -2.13. The van der Waals surface area contributed by atoms with Gasteiger partial charge in [-0.3, -0.25) is 15.0 Å². The zero-order chi connectivity index (χ0) is 13.5. The van der Waals surface area contributed by atoms with Crippen LogP contribution in [0.1, 0.15) is 24.8 Å². The summed E-state index contributed by atoms with van der Waals surface area (Å²) >= 11 is 0. The van der Waals surface area contributed by atoms with Gasteiger partial charge in [-0.1, -0.05) is 0 Å². The Bertz CT molecular complexity index is 460. The zero-order valence-electron chi connectivity index (χ0n) is 10.2. The van der Waals surface area contributed by atoms with Gasteiger partial charge in [0.2, 0.25) is 5.91 Å². The fraction of sp³-hybridized carbons (Fsp3) is 0.250. The van der Waals surface area contributed by atoms with E-state index in [1.165, 1.54) is 0 Å². The van der Waals surface area contributed by atoms with Gasteiger partial charge in [0.15, 0.2) is 0 Å². The van der Waals surface area contributed by atoms with E-state index in [4.69, 9.17) is 21.6 Å². The van der Waals surface area contributed by atoms with Gasteiger partial charge in [-0.15, -0.1) is 12.4 Å². The molecule has 0 unspecified atom stereocenters. The van der Waals surface area contributed by atoms with Crippen LogP contribution in [-0.4, -0.2) is 17.7 Å². The first-order valence-electron chi connectivity index (χ1n) is 5.42. The van der Waals surface area contributed by atoms with Gasteiger partial charge in [0.05, 0.1) is 0 Å². The van der Waals surface area contributed by atoms with Crippen LogP contribution >= 0.6 is 12.4 Å². The van der Waals surface area contributed by atoms with Gasteiger partial charge in [-0.05, 0) is 30.7 Å². The molecule has 6 nitrogen and oxygen atoms in total. The maximum Gasteiger partial charge on any atom is 0.311 e. The van der Waals surface area contributed by atoms with E-state index in [9.17, 15) is 9.59 Å². The molecule has 1 aromatic rings. The quantitative estimate of drug-likeness (QED) is 0.312. The van der Waals surface area contributed by atoms with Crippen molar-refractivity contribution < 1.29 is 14.3 Å². The summed E-state index contributed by atoms with van der Waals surface area (Å²) in [6.07, 6.45) is 0.676. The third kappa shape index (κ3) is 6.42. The summed E-state index contributed by atoms with van der Waals surface area (Å²) in [5.74, 6) is -0.529. The number of amidine groups is 1. The van der Waals surface area contributed by atoms with Crippen LogP contribution in [0.4, 0.5) is 0 Å². The van der Waals surface area contributed by atoms with Crippen molar-refractivity contribution in [3.8, 4) is 5.75 Å². The molecule has 0 aliphatic heterocycles. The predicted molar refractivity (Wildman–Crippen MR) is 73.4 cm³/mol. The highest BCUT2D eigenvalue weighted by molar-refractivity contribution is 5.95. The molecule has 104 valence electrons. The topological polar surface area (TPSA) is 119 Å². The number of carbonyl (C=O) groups is 2. The largest absolute Gasteiger partial charge is 0.427 e. The van der Waals surface area contributed by atoms with Gasteiger partial charge in [-0.25, -0.2) is 0 Å². The SMILES string of the molecule is Cl.N=C(N)c1ccc(OC(=O)CCCC(N)=O)cc1. The first-order chi connectivity index (χ1) is 8.49. The number of benzene rings is 1. The Morgan fingerprint density at radius 1 is 1.11 bits per heavy atom. The van der Waals surface area contributed by atoms with Crippen molar-refractivity contribution in [1.82, 2.24) is 0 Å². The van der Waals surface area contributed by atoms with Crippen molar-refractivity contribution in [2.75, 3.05) is 0 Å². The van der Waals surface area contributed by atoms with Crippen LogP contribution in [0.25, 0.3) is 0 Å². The van der Waals surface area contributed by atoms with Gasteiger partial charge in [0, 0.05) is 18.4 Å². The van der Waals surface area contributed by atoms with Crippen LogP contribution in [0.15, 0.2) is 24.3 Å². The molecule has 0 saturated carbocycles. The predicted octanol–water partition coefficient (Wildman–Crippen LogP) is 0.953. The number of nitrogen functional groups attached to an aromatic ring is 1. The highest BCUT2D eigenvalue weighted by atomic mass is 35.5. The summed E-state index contributed by atoms with van der Waals surface area (Å²) in [5, 5.41) is 7.20. The average Bonchev–Trinajstić information content (AvgIpc) is 2.29. The summed E-state index contributed by atoms with van der Waals surface area (Å²) in [5.41, 5.74) is 10.8. The minimum absolute atomic E-state index is 0. The summed E-state index contributed by atoms with van der Waals surface area (Å²) < 4.78 is 5.03. The smallest absolute Gasteiger partial charge is 0.311 e. The first kappa shape index (κ1) is 16.9. The highest BCUT2D eigenvalue weighted by Crippen LogP contribution is 2.13. The molecule has 19 heavy (non-hydrogen) atoms. The molecule has 0 bridgehead atoms. The lowest BCUT2D eigenvalue weighted by Gasteiger charge is -2.04. The Balaban J connectivity index is 0.00000324. The van der Waals surface area contributed by atoms with Crippen LogP contribution in [0, 0.1) is 5.41 Å². The Morgan fingerprint density at radius 2 is 1.68 bits per heavy atom. The number of amides is 1. The van der Waals surface area contributed by atoms with Crippen molar-refractivity contribution in [1.29, 1.82) is 5.41 Å². The van der Waals surface area contributed by atoms with Crippen LogP contribution in [0.2, 0.25) is 0 Å². The molecular formula is C12H16ClN3O3. The van der Waals surface area contributed by atoms with E-state index in [0.29, 0.717) is 17.7 Å². The summed E-state index contributed by atoms with van der Waals surface area (Å²) in [4.78, 5) is 21.9. The molecular weight excluding hydrogens is 270 g/mol. The molecule has 1 aromatic carbocycles. The fourth-order valence-corrected chi connectivity index (χ4v) is 1.29. The Hall–Kier alpha value is -2.08. The van der Waals surface area contributed by atoms with Crippen molar-refractivity contribution in [2.45, 2.75) is 19.3 Å². The third-order valence-electron chi connectivity index (χ3n) is 2.20. The van der Waals surface area contributed by atoms with Crippen LogP contribution in [0.3, 0.4) is 0 Å². The number of hydrogen-bond donors (Lipinski definition) is 3. The molecule has 0 aromatic heterocycles. The fourth-order valence-electron chi connectivity index (χ4n) is 1.29. The number of ether oxygens (including phenoxy) is 1. The van der Waals surface area contributed by atoms with Crippen molar-refractivity contribution in [3.05, 3.63) is 29.8 Å². The second kappa shape index (κ2) is 8.10. The van der Waals surface area contributed by atoms with Crippen molar-refractivity contribution in [2.24, 2.45) is 11.5 Å². The van der Waals surface area contributed by atoms with E-state index in [0.717, 1.165) is 0 Å². The molecule has 5 N–H and O–H groups in total. The number of hydrogen-bond acceptors (Lipinski definition) is 4. The second-order valence-electron chi connectivity index (χ2n) is 3.73. The number of esters is 1. The number of primary amides is 1. The molecule has 1 rings (SSSR count). The van der Waals surface area contributed by atoms with Gasteiger partial charge in [0.1, 0.15) is 11.6 Å². The zero-order valence-corrected chi connectivity index (χ0v) is 11.0. The number of rotatable bonds is 6. The van der Waals surface area contributed by atoms with E-state index in [2.05, 4.69) is 0 Å². The number of carbonyl (C=O) groups excluding carboxylic acids is 2. The lowest BCUT2D eigenvalue weighted by atomic mass is 10.2. The maximum atomic E-state index is 11.4. The average molecular weight is 286 g/mol. The monoisotopic (exact) mass is 285 g/mol. The normalized spacial score (nSPS) is 9.26. The number of halogens is 1. The maximum absolute atomic E-state index is 11.4. The van der Waals surface area contributed by atoms with Crippen molar-refractivity contribution in [3.63, 3.8) is 0 Å². The molecule has 0 saturated heterocycles. The van der Waals surface area contributed by atoms with Gasteiger partial charge < -0.3 is 16.2 Å². The van der Waals surface area contributed by atoms with Crippen LogP contribution < -0.4 is 16.2 Å². The summed E-state index contributed by atoms with van der Waals surface area (Å²) in [6.45, 7) is 0. The van der Waals surface area contributed by atoms with Gasteiger partial charge in [0.25, 0.3) is 0 Å². The minimum atomic E-state index is -0.436. The molecule has 0 aliphatic rings. The minimum Gasteiger partial charge on any atom is -0.427 e. The standard InChI is InChI=1S/C12H15N3O3.ClH/c13-10(16)2-1-3-11(17)18-9-6-4-8(5-7-9)12(14)15;/h4-7H,1-3H2,(H2,13,16)(H3,14,15);1H. The van der Waals surface area contributed by atoms with Crippen LogP contribution in [0.5, 0.6) is 5.75 Å². The first-order valence-corrected chi connectivity index (χ1v) is 5.42. The molecule has 0 radical (unpaired) electrons. The molecule has 0 aliphatic carbocycles. The van der Waals surface area contributed by atoms with E-state index in [1.54, 1.807) is 24.3 Å². The summed E-state index contributed by atoms with van der Waals surface area (Å²) in [7, 11) is 0. The third-order valence-corrected chi connectivity index (χ3v) is 2.20. The summed E-state index contributed by atoms with van der Waals surface area (Å²) in [6, 6.07) is 6.30. The molecule has 0 heterocycles. The van der Waals surface area contributed by atoms with E-state index < -0.39 is 11.9 Å². The van der Waals surface area contributed by atoms with Crippen LogP contribution in [-0.2, 0) is 9.59 Å². The molecule has 0 fully saturated rings. The van der Waals surface area contributed by atoms with Gasteiger partial charge >= 0.3 is 5.97 Å². The van der Waals surface area contributed by atoms with E-state index >= 15 is 0 Å².